The molecule has 1 heterocycles. The minimum atomic E-state index is -0.251. The number of nitrogens with zero attached hydrogens (tertiary/aromatic N) is 3. The van der Waals surface area contributed by atoms with E-state index in [1.807, 2.05) is 43.3 Å². The van der Waals surface area contributed by atoms with Crippen LogP contribution in [-0.2, 0) is 17.9 Å². The molecule has 0 aliphatic heterocycles. The number of hydrogen-bond acceptors (Lipinski definition) is 3. The predicted molar refractivity (Wildman–Crippen MR) is 144 cm³/mol. The Labute approximate surface area is 215 Å². The van der Waals surface area contributed by atoms with Gasteiger partial charge in [0.2, 0.25) is 5.91 Å². The quantitative estimate of drug-likeness (QED) is 0.338. The first kappa shape index (κ1) is 24.3. The van der Waals surface area contributed by atoms with Gasteiger partial charge in [-0.1, -0.05) is 73.3 Å². The number of benzene rings is 3. The number of aromatic nitrogens is 3. The van der Waals surface area contributed by atoms with Gasteiger partial charge in [0.1, 0.15) is 6.54 Å². The molecule has 0 radical (unpaired) electrons. The van der Waals surface area contributed by atoms with Gasteiger partial charge in [-0.15, -0.1) is 5.10 Å². The highest BCUT2D eigenvalue weighted by atomic mass is 35.5. The zero-order chi connectivity index (χ0) is 25.1. The van der Waals surface area contributed by atoms with Crippen LogP contribution in [0.25, 0.3) is 22.2 Å². The molecule has 1 aliphatic rings. The molecule has 7 heteroatoms. The molecule has 1 aliphatic carbocycles. The molecular weight excluding hydrogens is 472 g/mol. The summed E-state index contributed by atoms with van der Waals surface area (Å²) in [6, 6.07) is 21.3. The van der Waals surface area contributed by atoms with Gasteiger partial charge < -0.3 is 5.32 Å². The van der Waals surface area contributed by atoms with E-state index in [2.05, 4.69) is 28.6 Å². The fourth-order valence-corrected chi connectivity index (χ4v) is 5.40. The first-order chi connectivity index (χ1) is 17.5. The number of amides is 1. The summed E-state index contributed by atoms with van der Waals surface area (Å²) in [4.78, 5) is 26.5. The molecule has 36 heavy (non-hydrogen) atoms. The van der Waals surface area contributed by atoms with E-state index in [1.54, 1.807) is 16.7 Å². The predicted octanol–water partition coefficient (Wildman–Crippen LogP) is 5.98. The first-order valence-electron chi connectivity index (χ1n) is 12.7. The Bertz CT molecular complexity index is 1410. The lowest BCUT2D eigenvalue weighted by Gasteiger charge is -2.22. The second-order valence-corrected chi connectivity index (χ2v) is 10.2. The monoisotopic (exact) mass is 502 g/mol. The maximum absolute atomic E-state index is 13.4. The SMILES string of the molecule is C[C@@H](NC(=O)Cn1nc(-c2ccc(Cl)cc2)n(CC2CCCCC2)c1=O)c1cccc2ccccc12. The highest BCUT2D eigenvalue weighted by Gasteiger charge is 2.22. The molecule has 0 spiro atoms. The fraction of sp³-hybridized carbons (Fsp3) is 0.345. The molecule has 0 unspecified atom stereocenters. The molecule has 1 atom stereocenters. The Morgan fingerprint density at radius 2 is 1.75 bits per heavy atom. The molecule has 4 aromatic rings. The Kier molecular flexibility index (Phi) is 7.23. The minimum absolute atomic E-state index is 0.133. The van der Waals surface area contributed by atoms with Gasteiger partial charge in [-0.3, -0.25) is 9.36 Å². The average molecular weight is 503 g/mol. The lowest BCUT2D eigenvalue weighted by atomic mass is 9.89. The van der Waals surface area contributed by atoms with E-state index in [-0.39, 0.29) is 24.2 Å². The van der Waals surface area contributed by atoms with E-state index in [9.17, 15) is 9.59 Å². The lowest BCUT2D eigenvalue weighted by Crippen LogP contribution is -2.35. The van der Waals surface area contributed by atoms with Crippen molar-refractivity contribution in [2.75, 3.05) is 0 Å². The van der Waals surface area contributed by atoms with Crippen LogP contribution in [0.1, 0.15) is 50.6 Å². The molecule has 5 rings (SSSR count). The second kappa shape index (κ2) is 10.7. The van der Waals surface area contributed by atoms with Crippen molar-refractivity contribution in [1.82, 2.24) is 19.7 Å². The number of halogens is 1. The smallest absolute Gasteiger partial charge is 0.346 e. The third kappa shape index (κ3) is 5.24. The van der Waals surface area contributed by atoms with Crippen LogP contribution in [0.15, 0.2) is 71.5 Å². The summed E-state index contributed by atoms with van der Waals surface area (Å²) in [5.41, 5.74) is 1.60. The van der Waals surface area contributed by atoms with Crippen LogP contribution in [-0.4, -0.2) is 20.3 Å². The number of nitrogens with one attached hydrogen (secondary N) is 1. The number of carbonyl (C=O) groups excluding carboxylic acids is 1. The number of fused-ring (bicyclic) bond motifs is 1. The van der Waals surface area contributed by atoms with Gasteiger partial charge in [-0.2, -0.15) is 0 Å². The minimum Gasteiger partial charge on any atom is -0.348 e. The highest BCUT2D eigenvalue weighted by Crippen LogP contribution is 2.27. The van der Waals surface area contributed by atoms with Crippen LogP contribution in [0.2, 0.25) is 5.02 Å². The molecule has 1 aromatic heterocycles. The van der Waals surface area contributed by atoms with Crippen molar-refractivity contribution < 1.29 is 4.79 Å². The van der Waals surface area contributed by atoms with Crippen LogP contribution in [0.3, 0.4) is 0 Å². The molecule has 0 bridgehead atoms. The van der Waals surface area contributed by atoms with Gasteiger partial charge in [-0.05, 0) is 66.3 Å². The van der Waals surface area contributed by atoms with Crippen molar-refractivity contribution in [3.05, 3.63) is 87.8 Å². The summed E-state index contributed by atoms with van der Waals surface area (Å²) in [6.07, 6.45) is 5.86. The van der Waals surface area contributed by atoms with Crippen molar-refractivity contribution in [3.8, 4) is 11.4 Å². The van der Waals surface area contributed by atoms with Crippen LogP contribution in [0, 0.1) is 5.92 Å². The highest BCUT2D eigenvalue weighted by molar-refractivity contribution is 6.30. The Hall–Kier alpha value is -3.38. The summed E-state index contributed by atoms with van der Waals surface area (Å²) in [5, 5.41) is 10.5. The van der Waals surface area contributed by atoms with E-state index in [0.29, 0.717) is 23.3 Å². The van der Waals surface area contributed by atoms with Crippen molar-refractivity contribution >= 4 is 28.3 Å². The first-order valence-corrected chi connectivity index (χ1v) is 13.1. The summed E-state index contributed by atoms with van der Waals surface area (Å²) in [6.45, 7) is 2.44. The van der Waals surface area contributed by atoms with Crippen LogP contribution in [0.4, 0.5) is 0 Å². The standard InChI is InChI=1S/C29H31ClN4O2/c1-20(25-13-7-11-22-10-5-6-12-26(22)25)31-27(35)19-34-29(36)33(18-21-8-3-2-4-9-21)28(32-34)23-14-16-24(30)17-15-23/h5-7,10-17,20-21H,2-4,8-9,18-19H2,1H3,(H,31,35)/t20-/m1/s1. The van der Waals surface area contributed by atoms with E-state index in [1.165, 1.54) is 23.9 Å². The van der Waals surface area contributed by atoms with E-state index < -0.39 is 0 Å². The number of carbonyl (C=O) groups is 1. The van der Waals surface area contributed by atoms with Crippen molar-refractivity contribution in [1.29, 1.82) is 0 Å². The third-order valence-electron chi connectivity index (χ3n) is 7.15. The van der Waals surface area contributed by atoms with E-state index >= 15 is 0 Å². The maximum atomic E-state index is 13.4. The zero-order valence-electron chi connectivity index (χ0n) is 20.5. The van der Waals surface area contributed by atoms with Gasteiger partial charge >= 0.3 is 5.69 Å². The number of rotatable bonds is 7. The molecule has 1 amide bonds. The molecule has 1 saturated carbocycles. The summed E-state index contributed by atoms with van der Waals surface area (Å²) < 4.78 is 3.03. The lowest BCUT2D eigenvalue weighted by molar-refractivity contribution is -0.122. The van der Waals surface area contributed by atoms with Crippen molar-refractivity contribution in [3.63, 3.8) is 0 Å². The van der Waals surface area contributed by atoms with E-state index in [0.717, 1.165) is 34.7 Å². The zero-order valence-corrected chi connectivity index (χ0v) is 21.2. The normalized spacial score (nSPS) is 15.2. The molecule has 6 nitrogen and oxygen atoms in total. The van der Waals surface area contributed by atoms with Crippen molar-refractivity contribution in [2.24, 2.45) is 5.92 Å². The Morgan fingerprint density at radius 1 is 1.03 bits per heavy atom. The summed E-state index contributed by atoms with van der Waals surface area (Å²) in [7, 11) is 0. The Morgan fingerprint density at radius 3 is 2.53 bits per heavy atom. The molecule has 0 saturated heterocycles. The molecule has 1 N–H and O–H groups in total. The molecule has 1 fully saturated rings. The maximum Gasteiger partial charge on any atom is 0.346 e. The summed E-state index contributed by atoms with van der Waals surface area (Å²) >= 11 is 6.09. The average Bonchev–Trinajstić information content (AvgIpc) is 3.19. The van der Waals surface area contributed by atoms with Crippen LogP contribution >= 0.6 is 11.6 Å². The fourth-order valence-electron chi connectivity index (χ4n) is 5.28. The molecule has 186 valence electrons. The van der Waals surface area contributed by atoms with Gasteiger partial charge in [0.05, 0.1) is 6.04 Å². The molecular formula is C29H31ClN4O2. The summed E-state index contributed by atoms with van der Waals surface area (Å²) in [5.74, 6) is 0.778. The molecule has 3 aromatic carbocycles. The topological polar surface area (TPSA) is 68.9 Å². The second-order valence-electron chi connectivity index (χ2n) is 9.74. The van der Waals surface area contributed by atoms with Crippen molar-refractivity contribution in [2.45, 2.75) is 58.2 Å². The van der Waals surface area contributed by atoms with Gasteiger partial charge in [-0.25, -0.2) is 9.48 Å². The Balaban J connectivity index is 1.39. The van der Waals surface area contributed by atoms with Gasteiger partial charge in [0.15, 0.2) is 5.82 Å². The van der Waals surface area contributed by atoms with E-state index in [4.69, 9.17) is 11.6 Å². The van der Waals surface area contributed by atoms with Crippen LogP contribution in [0.5, 0.6) is 0 Å². The van der Waals surface area contributed by atoms with Crippen LogP contribution < -0.4 is 11.0 Å². The number of hydrogen-bond donors (Lipinski definition) is 1. The van der Waals surface area contributed by atoms with Gasteiger partial charge in [0, 0.05) is 17.1 Å². The van der Waals surface area contributed by atoms with Gasteiger partial charge in [0.25, 0.3) is 0 Å². The largest absolute Gasteiger partial charge is 0.348 e. The third-order valence-corrected chi connectivity index (χ3v) is 7.40.